The first kappa shape index (κ1) is 24.8. The Labute approximate surface area is 211 Å². The molecule has 0 saturated carbocycles. The van der Waals surface area contributed by atoms with E-state index in [9.17, 15) is 4.79 Å². The van der Waals surface area contributed by atoms with E-state index in [1.54, 1.807) is 0 Å². The number of aliphatic hydroxyl groups excluding tert-OH is 1. The summed E-state index contributed by atoms with van der Waals surface area (Å²) in [6, 6.07) is 22.8. The summed E-state index contributed by atoms with van der Waals surface area (Å²) in [5, 5.41) is 14.5. The molecule has 0 unspecified atom stereocenters. The molecule has 169 valence electrons. The fourth-order valence-electron chi connectivity index (χ4n) is 3.89. The van der Waals surface area contributed by atoms with E-state index in [1.165, 1.54) is 56.6 Å². The maximum Gasteiger partial charge on any atom is 0.155 e. The molecule has 0 atom stereocenters. The average Bonchev–Trinajstić information content (AvgIpc) is 3.06. The zero-order valence-corrected chi connectivity index (χ0v) is 22.1. The van der Waals surface area contributed by atoms with Gasteiger partial charge in [-0.2, -0.15) is 0 Å². The topological polar surface area (TPSA) is 50.2 Å². The molecule has 5 rings (SSSR count). The number of hydrogen-bond donors (Lipinski definition) is 1. The van der Waals surface area contributed by atoms with Gasteiger partial charge in [0.15, 0.2) is 5.78 Å². The average molecular weight is 631 g/mol. The molecule has 3 aromatic carbocycles. The van der Waals surface area contributed by atoms with Crippen molar-refractivity contribution in [1.29, 1.82) is 0 Å². The smallest absolute Gasteiger partial charge is 0.155 e. The van der Waals surface area contributed by atoms with Crippen molar-refractivity contribution in [3.63, 3.8) is 0 Å². The molecule has 1 radical (unpaired) electrons. The fourth-order valence-corrected chi connectivity index (χ4v) is 5.04. The van der Waals surface area contributed by atoms with Crippen LogP contribution in [0.25, 0.3) is 42.9 Å². The van der Waals surface area contributed by atoms with Crippen molar-refractivity contribution in [2.24, 2.45) is 0 Å². The Kier molecular flexibility index (Phi) is 7.80. The predicted molar refractivity (Wildman–Crippen MR) is 135 cm³/mol. The number of aryl methyl sites for hydroxylation is 2. The van der Waals surface area contributed by atoms with Gasteiger partial charge in [0.2, 0.25) is 0 Å². The summed E-state index contributed by atoms with van der Waals surface area (Å²) in [4.78, 5) is 16.1. The van der Waals surface area contributed by atoms with Gasteiger partial charge in [0.05, 0.1) is 5.76 Å². The van der Waals surface area contributed by atoms with Crippen LogP contribution < -0.4 is 0 Å². The van der Waals surface area contributed by atoms with E-state index in [0.717, 1.165) is 16.6 Å². The quantitative estimate of drug-likeness (QED) is 0.0941. The first-order valence-corrected chi connectivity index (χ1v) is 11.2. The summed E-state index contributed by atoms with van der Waals surface area (Å²) in [6.45, 7) is 7.23. The summed E-state index contributed by atoms with van der Waals surface area (Å²) < 4.78 is 1.26. The van der Waals surface area contributed by atoms with Crippen LogP contribution in [0.4, 0.5) is 0 Å². The first-order valence-electron chi connectivity index (χ1n) is 10.4. The number of carbonyl (C=O) groups excluding carboxylic acids is 1. The minimum atomic E-state index is -0.125. The summed E-state index contributed by atoms with van der Waals surface area (Å²) in [7, 11) is 0. The number of hydrogen-bond acceptors (Lipinski definition) is 4. The van der Waals surface area contributed by atoms with Gasteiger partial charge in [-0.15, -0.1) is 28.9 Å². The number of aliphatic hydroxyl groups is 1. The monoisotopic (exact) mass is 631 g/mol. The molecule has 3 nitrogen and oxygen atoms in total. The van der Waals surface area contributed by atoms with E-state index >= 15 is 0 Å². The van der Waals surface area contributed by atoms with Crippen LogP contribution in [0, 0.1) is 19.9 Å². The molecule has 5 aromatic rings. The maximum absolute atomic E-state index is 10.0. The van der Waals surface area contributed by atoms with Crippen molar-refractivity contribution in [2.45, 2.75) is 27.7 Å². The number of allylic oxidation sites excluding steroid dienone is 2. The second-order valence-corrected chi connectivity index (χ2v) is 9.03. The molecule has 0 spiro atoms. The summed E-state index contributed by atoms with van der Waals surface area (Å²) in [5.74, 6) is -0.0625. The van der Waals surface area contributed by atoms with Crippen molar-refractivity contribution in [3.8, 4) is 11.3 Å². The fraction of sp³-hybridized carbons (Fsp3) is 0.143. The predicted octanol–water partition coefficient (Wildman–Crippen LogP) is 7.72. The Bertz CT molecular complexity index is 1500. The van der Waals surface area contributed by atoms with Crippen molar-refractivity contribution in [1.82, 2.24) is 4.98 Å². The van der Waals surface area contributed by atoms with Crippen molar-refractivity contribution >= 4 is 48.8 Å². The second kappa shape index (κ2) is 10.4. The van der Waals surface area contributed by atoms with Crippen LogP contribution in [-0.4, -0.2) is 15.9 Å². The third-order valence-corrected chi connectivity index (χ3v) is 6.64. The van der Waals surface area contributed by atoms with E-state index in [1.807, 2.05) is 17.5 Å². The molecule has 0 saturated heterocycles. The van der Waals surface area contributed by atoms with Gasteiger partial charge in [0.25, 0.3) is 0 Å². The number of carbonyl (C=O) groups is 1. The SMILES string of the molecule is CC(=O)/C=C(/C)O.Cc1sc2c(-c3[c-]c4ccccc4c4ccccc34)nccc2c1C.[Ir]. The van der Waals surface area contributed by atoms with Crippen LogP contribution in [0.2, 0.25) is 0 Å². The standard InChI is InChI=1S/C23H16NS.C5H8O2.Ir/c1-14-15(2)25-23-17(14)11-12-24-22(23)21-13-16-7-3-4-8-18(16)19-9-5-6-10-20(19)21;1-4(6)3-5(2)7;/h3-12H,1-2H3;3,6H,1-2H3;/q-1;;/b;4-3-;. The van der Waals surface area contributed by atoms with Crippen LogP contribution in [0.1, 0.15) is 24.3 Å². The van der Waals surface area contributed by atoms with Gasteiger partial charge < -0.3 is 5.11 Å². The number of rotatable bonds is 2. The van der Waals surface area contributed by atoms with Gasteiger partial charge in [0, 0.05) is 47.6 Å². The molecular weight excluding hydrogens is 607 g/mol. The zero-order chi connectivity index (χ0) is 22.8. The van der Waals surface area contributed by atoms with Gasteiger partial charge in [-0.25, -0.2) is 0 Å². The molecule has 0 aliphatic heterocycles. The number of fused-ring (bicyclic) bond motifs is 4. The Morgan fingerprint density at radius 3 is 2.21 bits per heavy atom. The van der Waals surface area contributed by atoms with Crippen LogP contribution in [0.15, 0.2) is 72.6 Å². The minimum absolute atomic E-state index is 0. The van der Waals surface area contributed by atoms with Crippen LogP contribution in [-0.2, 0) is 24.9 Å². The zero-order valence-electron chi connectivity index (χ0n) is 18.9. The second-order valence-electron chi connectivity index (χ2n) is 7.81. The van der Waals surface area contributed by atoms with Crippen LogP contribution in [0.5, 0.6) is 0 Å². The van der Waals surface area contributed by atoms with Gasteiger partial charge in [-0.1, -0.05) is 64.2 Å². The summed E-state index contributed by atoms with van der Waals surface area (Å²) >= 11 is 1.83. The molecule has 5 heteroatoms. The Morgan fingerprint density at radius 1 is 0.939 bits per heavy atom. The molecule has 0 bridgehead atoms. The largest absolute Gasteiger partial charge is 0.512 e. The number of nitrogens with zero attached hydrogens (tertiary/aromatic N) is 1. The first-order chi connectivity index (χ1) is 15.4. The third kappa shape index (κ3) is 5.06. The number of ketones is 1. The van der Waals surface area contributed by atoms with Gasteiger partial charge >= 0.3 is 0 Å². The van der Waals surface area contributed by atoms with Gasteiger partial charge in [0.1, 0.15) is 0 Å². The normalized spacial score (nSPS) is 11.2. The summed E-state index contributed by atoms with van der Waals surface area (Å²) in [5.41, 5.74) is 3.50. The maximum atomic E-state index is 10.0. The van der Waals surface area contributed by atoms with Crippen LogP contribution in [0.3, 0.4) is 0 Å². The molecular formula is C28H24IrNO2S-. The molecule has 0 aliphatic rings. The van der Waals surface area contributed by atoms with E-state index in [4.69, 9.17) is 10.1 Å². The minimum Gasteiger partial charge on any atom is -0.512 e. The molecule has 1 N–H and O–H groups in total. The van der Waals surface area contributed by atoms with E-state index < -0.39 is 0 Å². The molecule has 0 amide bonds. The Hall–Kier alpha value is -2.85. The number of pyridine rings is 1. The van der Waals surface area contributed by atoms with Gasteiger partial charge in [-0.05, 0) is 44.7 Å². The van der Waals surface area contributed by atoms with Crippen molar-refractivity contribution in [2.75, 3.05) is 0 Å². The number of benzene rings is 3. The summed E-state index contributed by atoms with van der Waals surface area (Å²) in [6.07, 6.45) is 3.09. The van der Waals surface area contributed by atoms with Gasteiger partial charge in [-0.3, -0.25) is 9.78 Å². The van der Waals surface area contributed by atoms with E-state index in [2.05, 4.69) is 74.5 Å². The number of aromatic nitrogens is 1. The molecule has 2 heterocycles. The van der Waals surface area contributed by atoms with E-state index in [-0.39, 0.29) is 31.6 Å². The Morgan fingerprint density at radius 2 is 1.58 bits per heavy atom. The number of thiophene rings is 1. The molecule has 0 fully saturated rings. The van der Waals surface area contributed by atoms with E-state index in [0.29, 0.717) is 0 Å². The molecule has 2 aromatic heterocycles. The Balaban J connectivity index is 0.000000337. The van der Waals surface area contributed by atoms with Crippen molar-refractivity contribution < 1.29 is 30.0 Å². The molecule has 0 aliphatic carbocycles. The van der Waals surface area contributed by atoms with Crippen molar-refractivity contribution in [3.05, 3.63) is 89.1 Å². The van der Waals surface area contributed by atoms with Crippen LogP contribution >= 0.6 is 11.3 Å². The molecule has 33 heavy (non-hydrogen) atoms. The third-order valence-electron chi connectivity index (χ3n) is 5.41.